The van der Waals surface area contributed by atoms with Crippen molar-refractivity contribution in [3.05, 3.63) is 35.4 Å². The maximum atomic E-state index is 12.2. The van der Waals surface area contributed by atoms with Crippen molar-refractivity contribution in [2.24, 2.45) is 0 Å². The monoisotopic (exact) mass is 232 g/mol. The molecule has 3 heteroatoms. The topological polar surface area (TPSA) is 23.6 Å². The van der Waals surface area contributed by atoms with Gasteiger partial charge in [-0.1, -0.05) is 31.5 Å². The lowest BCUT2D eigenvalue weighted by Gasteiger charge is -2.24. The summed E-state index contributed by atoms with van der Waals surface area (Å²) in [4.78, 5) is 16.3. The Morgan fingerprint density at radius 1 is 1.29 bits per heavy atom. The highest BCUT2D eigenvalue weighted by atomic mass is 16.2. The minimum atomic E-state index is 0.139. The van der Waals surface area contributed by atoms with Gasteiger partial charge in [0, 0.05) is 25.7 Å². The molecule has 0 aromatic heterocycles. The molecule has 92 valence electrons. The summed E-state index contributed by atoms with van der Waals surface area (Å²) >= 11 is 0. The predicted octanol–water partition coefficient (Wildman–Crippen LogP) is 2.33. The molecule has 1 aliphatic heterocycles. The van der Waals surface area contributed by atoms with Crippen LogP contribution in [0.3, 0.4) is 0 Å². The Kier molecular flexibility index (Phi) is 3.79. The molecule has 0 N–H and O–H groups in total. The van der Waals surface area contributed by atoms with Gasteiger partial charge in [-0.25, -0.2) is 0 Å². The first kappa shape index (κ1) is 12.1. The first-order valence-electron chi connectivity index (χ1n) is 6.28. The summed E-state index contributed by atoms with van der Waals surface area (Å²) in [7, 11) is 1.88. The van der Waals surface area contributed by atoms with Crippen LogP contribution >= 0.6 is 0 Å². The van der Waals surface area contributed by atoms with E-state index in [0.29, 0.717) is 0 Å². The largest absolute Gasteiger partial charge is 0.329 e. The average molecular weight is 232 g/mol. The summed E-state index contributed by atoms with van der Waals surface area (Å²) < 4.78 is 0. The number of amides is 1. The normalized spacial score (nSPS) is 16.8. The van der Waals surface area contributed by atoms with Crippen LogP contribution in [0.5, 0.6) is 0 Å². The zero-order chi connectivity index (χ0) is 12.3. The van der Waals surface area contributed by atoms with Crippen molar-refractivity contribution >= 4 is 5.91 Å². The molecule has 0 radical (unpaired) electrons. The van der Waals surface area contributed by atoms with Crippen LogP contribution in [0.25, 0.3) is 0 Å². The van der Waals surface area contributed by atoms with Crippen LogP contribution in [0.1, 0.15) is 35.7 Å². The molecule has 1 amide bonds. The van der Waals surface area contributed by atoms with Crippen molar-refractivity contribution in [2.75, 3.05) is 20.3 Å². The van der Waals surface area contributed by atoms with Gasteiger partial charge in [0.15, 0.2) is 0 Å². The smallest absolute Gasteiger partial charge is 0.254 e. The Morgan fingerprint density at radius 2 is 2.06 bits per heavy atom. The van der Waals surface area contributed by atoms with Crippen LogP contribution in [0.15, 0.2) is 24.3 Å². The summed E-state index contributed by atoms with van der Waals surface area (Å²) in [6.45, 7) is 4.86. The van der Waals surface area contributed by atoms with E-state index < -0.39 is 0 Å². The molecule has 0 atom stereocenters. The molecule has 1 aromatic carbocycles. The van der Waals surface area contributed by atoms with Crippen molar-refractivity contribution in [1.82, 2.24) is 9.80 Å². The van der Waals surface area contributed by atoms with E-state index in [-0.39, 0.29) is 5.91 Å². The van der Waals surface area contributed by atoms with Crippen LogP contribution in [0, 0.1) is 0 Å². The van der Waals surface area contributed by atoms with Gasteiger partial charge < -0.3 is 4.90 Å². The highest BCUT2D eigenvalue weighted by Gasteiger charge is 2.22. The molecule has 17 heavy (non-hydrogen) atoms. The molecule has 0 saturated carbocycles. The van der Waals surface area contributed by atoms with Gasteiger partial charge in [-0.2, -0.15) is 0 Å². The first-order valence-corrected chi connectivity index (χ1v) is 6.28. The van der Waals surface area contributed by atoms with Gasteiger partial charge in [0.2, 0.25) is 0 Å². The SMILES string of the molecule is CCCCN1Cc2ccccc2C(=O)N(C)C1. The molecule has 0 unspecified atom stereocenters. The van der Waals surface area contributed by atoms with Crippen LogP contribution in [-0.4, -0.2) is 36.0 Å². The summed E-state index contributed by atoms with van der Waals surface area (Å²) in [6.07, 6.45) is 2.38. The van der Waals surface area contributed by atoms with Crippen molar-refractivity contribution < 1.29 is 4.79 Å². The van der Waals surface area contributed by atoms with Gasteiger partial charge in [-0.05, 0) is 18.1 Å². The number of carbonyl (C=O) groups excluding carboxylic acids is 1. The summed E-state index contributed by atoms with van der Waals surface area (Å²) in [5, 5.41) is 0. The second kappa shape index (κ2) is 5.32. The van der Waals surface area contributed by atoms with E-state index in [4.69, 9.17) is 0 Å². The summed E-state index contributed by atoms with van der Waals surface area (Å²) in [6, 6.07) is 7.94. The number of unbranched alkanes of at least 4 members (excludes halogenated alkanes) is 1. The third-order valence-corrected chi connectivity index (χ3v) is 3.23. The Hall–Kier alpha value is -1.35. The molecule has 1 aromatic rings. The Balaban J connectivity index is 2.22. The van der Waals surface area contributed by atoms with E-state index in [1.165, 1.54) is 12.8 Å². The molecule has 0 bridgehead atoms. The minimum Gasteiger partial charge on any atom is -0.329 e. The van der Waals surface area contributed by atoms with Gasteiger partial charge in [0.25, 0.3) is 5.91 Å². The number of carbonyl (C=O) groups is 1. The minimum absolute atomic E-state index is 0.139. The zero-order valence-corrected chi connectivity index (χ0v) is 10.6. The van der Waals surface area contributed by atoms with Gasteiger partial charge in [-0.3, -0.25) is 9.69 Å². The van der Waals surface area contributed by atoms with E-state index in [1.807, 2.05) is 30.1 Å². The number of hydrogen-bond donors (Lipinski definition) is 0. The quantitative estimate of drug-likeness (QED) is 0.798. The molecular weight excluding hydrogens is 212 g/mol. The van der Waals surface area contributed by atoms with Gasteiger partial charge >= 0.3 is 0 Å². The number of rotatable bonds is 3. The maximum Gasteiger partial charge on any atom is 0.254 e. The molecule has 0 fully saturated rings. The van der Waals surface area contributed by atoms with Crippen LogP contribution in [-0.2, 0) is 6.54 Å². The fourth-order valence-corrected chi connectivity index (χ4v) is 2.26. The standard InChI is InChI=1S/C14H20N2O/c1-3-4-9-16-10-12-7-5-6-8-13(12)14(17)15(2)11-16/h5-8H,3-4,9-11H2,1-2H3. The molecule has 0 saturated heterocycles. The van der Waals surface area contributed by atoms with E-state index in [1.54, 1.807) is 0 Å². The zero-order valence-electron chi connectivity index (χ0n) is 10.6. The van der Waals surface area contributed by atoms with E-state index in [2.05, 4.69) is 17.9 Å². The summed E-state index contributed by atoms with van der Waals surface area (Å²) in [5.41, 5.74) is 2.01. The van der Waals surface area contributed by atoms with Crippen LogP contribution in [0.4, 0.5) is 0 Å². The predicted molar refractivity (Wildman–Crippen MR) is 68.7 cm³/mol. The van der Waals surface area contributed by atoms with E-state index in [9.17, 15) is 4.79 Å². The Morgan fingerprint density at radius 3 is 2.82 bits per heavy atom. The lowest BCUT2D eigenvalue weighted by Crippen LogP contribution is -2.36. The molecule has 1 aliphatic rings. The fourth-order valence-electron chi connectivity index (χ4n) is 2.26. The number of fused-ring (bicyclic) bond motifs is 1. The third-order valence-electron chi connectivity index (χ3n) is 3.23. The molecule has 2 rings (SSSR count). The van der Waals surface area contributed by atoms with Crippen molar-refractivity contribution in [3.8, 4) is 0 Å². The first-order chi connectivity index (χ1) is 8.22. The number of benzene rings is 1. The molecule has 0 aliphatic carbocycles. The lowest BCUT2D eigenvalue weighted by molar-refractivity contribution is 0.0703. The number of hydrogen-bond acceptors (Lipinski definition) is 2. The highest BCUT2D eigenvalue weighted by Crippen LogP contribution is 2.18. The van der Waals surface area contributed by atoms with Gasteiger partial charge in [0.1, 0.15) is 0 Å². The lowest BCUT2D eigenvalue weighted by atomic mass is 10.1. The average Bonchev–Trinajstić information content (AvgIpc) is 2.46. The second-order valence-corrected chi connectivity index (χ2v) is 4.71. The van der Waals surface area contributed by atoms with E-state index in [0.717, 1.165) is 30.9 Å². The Bertz CT molecular complexity index is 403. The van der Waals surface area contributed by atoms with Gasteiger partial charge in [0.05, 0.1) is 6.67 Å². The van der Waals surface area contributed by atoms with Crippen molar-refractivity contribution in [3.63, 3.8) is 0 Å². The third kappa shape index (κ3) is 2.67. The highest BCUT2D eigenvalue weighted by molar-refractivity contribution is 5.95. The summed E-state index contributed by atoms with van der Waals surface area (Å²) in [5.74, 6) is 0.139. The molecule has 0 spiro atoms. The molecular formula is C14H20N2O. The van der Waals surface area contributed by atoms with Gasteiger partial charge in [-0.15, -0.1) is 0 Å². The second-order valence-electron chi connectivity index (χ2n) is 4.71. The molecule has 1 heterocycles. The van der Waals surface area contributed by atoms with Crippen LogP contribution in [0.2, 0.25) is 0 Å². The van der Waals surface area contributed by atoms with Crippen LogP contribution < -0.4 is 0 Å². The van der Waals surface area contributed by atoms with Crippen molar-refractivity contribution in [2.45, 2.75) is 26.3 Å². The maximum absolute atomic E-state index is 12.2. The fraction of sp³-hybridized carbons (Fsp3) is 0.500. The Labute approximate surface area is 103 Å². The number of nitrogens with zero attached hydrogens (tertiary/aromatic N) is 2. The van der Waals surface area contributed by atoms with Crippen molar-refractivity contribution in [1.29, 1.82) is 0 Å². The molecule has 3 nitrogen and oxygen atoms in total. The van der Waals surface area contributed by atoms with E-state index >= 15 is 0 Å².